The van der Waals surface area contributed by atoms with E-state index in [1.165, 1.54) is 12.0 Å². The molecule has 58 heavy (non-hydrogen) atoms. The highest BCUT2D eigenvalue weighted by atomic mass is 32.2. The number of carboxylic acid groups (broad SMARTS) is 1. The lowest BCUT2D eigenvalue weighted by molar-refractivity contribution is -0.144. The molecule has 1 saturated heterocycles. The Morgan fingerprint density at radius 2 is 1.50 bits per heavy atom. The van der Waals surface area contributed by atoms with Crippen LogP contribution < -0.4 is 25.8 Å². The van der Waals surface area contributed by atoms with Crippen molar-refractivity contribution in [2.75, 3.05) is 20.2 Å². The minimum Gasteiger partial charge on any atom is -0.496 e. The summed E-state index contributed by atoms with van der Waals surface area (Å²) in [5.41, 5.74) is 11.1. The molecule has 6 N–H and O–H groups in total. The molecule has 16 heteroatoms. The zero-order valence-corrected chi connectivity index (χ0v) is 35.1. The van der Waals surface area contributed by atoms with Gasteiger partial charge < -0.3 is 35.8 Å². The minimum absolute atomic E-state index is 0.0387. The normalized spacial score (nSPS) is 16.5. The van der Waals surface area contributed by atoms with E-state index in [1.807, 2.05) is 48.5 Å². The lowest BCUT2D eigenvalue weighted by Gasteiger charge is -2.33. The zero-order valence-electron chi connectivity index (χ0n) is 34.3. The summed E-state index contributed by atoms with van der Waals surface area (Å²) in [6.45, 7) is 12.2. The van der Waals surface area contributed by atoms with Gasteiger partial charge in [-0.1, -0.05) is 48.5 Å². The van der Waals surface area contributed by atoms with Crippen LogP contribution in [-0.2, 0) is 29.1 Å². The standard InChI is InChI=1S/C42H54N6O9S/c1-23-25(3)36(26(4)24(2)35(23)56-8)58(54,55)47-40(43)44-21-13-19-31(39(51)52)45-37(49)32-20-14-22-48(32)38(50)34(46-41(53)57-42(5,6)7)33-29-17-11-9-15-27(29)28-16-10-12-18-30(28)33/h9-12,15-18,31-34H,13-14,19-22H2,1-8H3,(H,45,49)(H,46,53)(H,51,52)(H3,43,44,47)/t31-,32-,34?/m0/s1. The second kappa shape index (κ2) is 17.5. The SMILES string of the molecule is COc1c(C)c(C)c(S(=O)(=O)NC(N)=NCCC[C@H](NC(=O)[C@@H]2CCCN2C(=O)C(NC(=O)OC(C)(C)C)C2c3ccccc3-c3ccccc32)C(=O)O)c(C)c1C. The molecule has 1 aliphatic heterocycles. The third-order valence-corrected chi connectivity index (χ3v) is 12.4. The molecule has 1 fully saturated rings. The molecule has 2 aliphatic rings. The Morgan fingerprint density at radius 3 is 2.03 bits per heavy atom. The number of amides is 3. The minimum atomic E-state index is -4.13. The van der Waals surface area contributed by atoms with Crippen LogP contribution in [0.15, 0.2) is 58.4 Å². The monoisotopic (exact) mass is 818 g/mol. The van der Waals surface area contributed by atoms with Gasteiger partial charge in [-0.3, -0.25) is 14.6 Å². The summed E-state index contributed by atoms with van der Waals surface area (Å²) in [6, 6.07) is 11.8. The van der Waals surface area contributed by atoms with E-state index in [0.29, 0.717) is 34.4 Å². The summed E-state index contributed by atoms with van der Waals surface area (Å²) in [6.07, 6.45) is 0.0595. The maximum atomic E-state index is 14.6. The summed E-state index contributed by atoms with van der Waals surface area (Å²) in [5, 5.41) is 15.5. The second-order valence-electron chi connectivity index (χ2n) is 15.7. The number of likely N-dealkylation sites (tertiary alicyclic amines) is 1. The van der Waals surface area contributed by atoms with Crippen LogP contribution in [0.4, 0.5) is 4.79 Å². The van der Waals surface area contributed by atoms with Crippen LogP contribution in [0.3, 0.4) is 0 Å². The molecule has 3 atom stereocenters. The summed E-state index contributed by atoms with van der Waals surface area (Å²) < 4.78 is 40.1. The number of hydrogen-bond acceptors (Lipinski definition) is 9. The molecule has 0 saturated carbocycles. The van der Waals surface area contributed by atoms with E-state index in [-0.39, 0.29) is 43.2 Å². The first-order chi connectivity index (χ1) is 27.3. The Labute approximate surface area is 339 Å². The van der Waals surface area contributed by atoms with Crippen LogP contribution in [-0.4, -0.2) is 92.2 Å². The predicted octanol–water partition coefficient (Wildman–Crippen LogP) is 4.57. The number of sulfonamides is 1. The van der Waals surface area contributed by atoms with Gasteiger partial charge in [-0.25, -0.2) is 22.7 Å². The third-order valence-electron chi connectivity index (χ3n) is 10.7. The van der Waals surface area contributed by atoms with Gasteiger partial charge in [-0.05, 0) is 119 Å². The molecule has 1 heterocycles. The van der Waals surface area contributed by atoms with Gasteiger partial charge in [-0.2, -0.15) is 0 Å². The van der Waals surface area contributed by atoms with Crippen molar-refractivity contribution in [1.29, 1.82) is 0 Å². The number of rotatable bonds is 13. The number of hydrogen-bond donors (Lipinski definition) is 5. The number of benzene rings is 3. The molecule has 5 rings (SSSR count). The highest BCUT2D eigenvalue weighted by Gasteiger charge is 2.45. The maximum Gasteiger partial charge on any atom is 0.408 e. The molecule has 0 aromatic heterocycles. The van der Waals surface area contributed by atoms with Crippen molar-refractivity contribution < 1.29 is 42.2 Å². The first kappa shape index (κ1) is 43.5. The van der Waals surface area contributed by atoms with Crippen molar-refractivity contribution in [2.45, 2.75) is 109 Å². The summed E-state index contributed by atoms with van der Waals surface area (Å²) in [7, 11) is -2.60. The van der Waals surface area contributed by atoms with Crippen molar-refractivity contribution in [2.24, 2.45) is 10.7 Å². The molecule has 0 radical (unpaired) electrons. The molecule has 312 valence electrons. The number of alkyl carbamates (subject to hydrolysis) is 1. The van der Waals surface area contributed by atoms with Crippen molar-refractivity contribution >= 4 is 39.9 Å². The van der Waals surface area contributed by atoms with Crippen LogP contribution in [0.25, 0.3) is 11.1 Å². The van der Waals surface area contributed by atoms with Gasteiger partial charge in [0.15, 0.2) is 0 Å². The van der Waals surface area contributed by atoms with Crippen molar-refractivity contribution in [1.82, 2.24) is 20.3 Å². The van der Waals surface area contributed by atoms with Crippen LogP contribution in [0.5, 0.6) is 5.75 Å². The van der Waals surface area contributed by atoms with E-state index in [9.17, 15) is 32.7 Å². The molecule has 3 aromatic carbocycles. The summed E-state index contributed by atoms with van der Waals surface area (Å²) in [5.74, 6) is -2.79. The number of guanidine groups is 1. The molecular weight excluding hydrogens is 765 g/mol. The van der Waals surface area contributed by atoms with Gasteiger partial charge in [0.2, 0.25) is 17.8 Å². The highest BCUT2D eigenvalue weighted by Crippen LogP contribution is 2.47. The fraction of sp³-hybridized carbons (Fsp3) is 0.452. The van der Waals surface area contributed by atoms with E-state index >= 15 is 0 Å². The average Bonchev–Trinajstić information content (AvgIpc) is 3.77. The smallest absolute Gasteiger partial charge is 0.408 e. The number of carboxylic acids is 1. The predicted molar refractivity (Wildman–Crippen MR) is 219 cm³/mol. The average molecular weight is 819 g/mol. The third kappa shape index (κ3) is 9.22. The number of aliphatic imine (C=N–C) groups is 1. The van der Waals surface area contributed by atoms with Crippen LogP contribution in [0.1, 0.15) is 85.8 Å². The number of aliphatic carboxylic acids is 1. The van der Waals surface area contributed by atoms with E-state index in [0.717, 1.165) is 22.3 Å². The Morgan fingerprint density at radius 1 is 0.931 bits per heavy atom. The topological polar surface area (TPSA) is 219 Å². The Balaban J connectivity index is 1.28. The largest absolute Gasteiger partial charge is 0.496 e. The van der Waals surface area contributed by atoms with Gasteiger partial charge in [0.25, 0.3) is 10.0 Å². The van der Waals surface area contributed by atoms with Crippen LogP contribution in [0, 0.1) is 27.7 Å². The zero-order chi connectivity index (χ0) is 42.7. The molecule has 15 nitrogen and oxygen atoms in total. The van der Waals surface area contributed by atoms with Crippen molar-refractivity contribution in [3.63, 3.8) is 0 Å². The Kier molecular flexibility index (Phi) is 13.1. The lowest BCUT2D eigenvalue weighted by Crippen LogP contribution is -2.57. The van der Waals surface area contributed by atoms with E-state index in [4.69, 9.17) is 15.2 Å². The number of fused-ring (bicyclic) bond motifs is 3. The summed E-state index contributed by atoms with van der Waals surface area (Å²) in [4.78, 5) is 59.6. The Hall–Kier alpha value is -5.64. The number of methoxy groups -OCH3 is 1. The number of ether oxygens (including phenoxy) is 2. The number of nitrogens with two attached hydrogens (primary N) is 1. The van der Waals surface area contributed by atoms with Crippen molar-refractivity contribution in [3.8, 4) is 16.9 Å². The van der Waals surface area contributed by atoms with Crippen LogP contribution in [0.2, 0.25) is 0 Å². The molecule has 3 aromatic rings. The van der Waals surface area contributed by atoms with Gasteiger partial charge >= 0.3 is 12.1 Å². The molecule has 1 unspecified atom stereocenters. The summed E-state index contributed by atoms with van der Waals surface area (Å²) >= 11 is 0. The first-order valence-electron chi connectivity index (χ1n) is 19.3. The number of carbonyl (C=O) groups excluding carboxylic acids is 3. The number of carbonyl (C=O) groups is 4. The maximum absolute atomic E-state index is 14.6. The fourth-order valence-corrected chi connectivity index (χ4v) is 9.51. The van der Waals surface area contributed by atoms with Gasteiger partial charge in [-0.15, -0.1) is 0 Å². The first-order valence-corrected chi connectivity index (χ1v) is 20.7. The van der Waals surface area contributed by atoms with Gasteiger partial charge in [0.1, 0.15) is 29.5 Å². The Bertz CT molecular complexity index is 2160. The second-order valence-corrected chi connectivity index (χ2v) is 17.4. The molecule has 3 amide bonds. The fourth-order valence-electron chi connectivity index (χ4n) is 7.95. The van der Waals surface area contributed by atoms with Crippen molar-refractivity contribution in [3.05, 3.63) is 81.9 Å². The van der Waals surface area contributed by atoms with Gasteiger partial charge in [0, 0.05) is 19.0 Å². The number of nitrogens with zero attached hydrogens (tertiary/aromatic N) is 2. The quantitative estimate of drug-likeness (QED) is 0.0920. The lowest BCUT2D eigenvalue weighted by atomic mass is 9.88. The molecule has 1 aliphatic carbocycles. The van der Waals surface area contributed by atoms with Gasteiger partial charge in [0.05, 0.1) is 12.0 Å². The van der Waals surface area contributed by atoms with E-state index in [1.54, 1.807) is 48.5 Å². The highest BCUT2D eigenvalue weighted by molar-refractivity contribution is 7.90. The molecule has 0 spiro atoms. The van der Waals surface area contributed by atoms with E-state index in [2.05, 4.69) is 20.3 Å². The van der Waals surface area contributed by atoms with Crippen LogP contribution >= 0.6 is 0 Å². The molecular formula is C42H54N6O9S. The molecule has 0 bridgehead atoms. The number of nitrogens with one attached hydrogen (secondary N) is 3. The van der Waals surface area contributed by atoms with E-state index < -0.39 is 63.5 Å².